The SMILES string of the molecule is CCOc1cc(CNCCOCCO)c(Cl)cc1OCC(=O)Nc1ccc(C)cc1. The Morgan fingerprint density at radius 3 is 2.53 bits per heavy atom. The molecule has 0 spiro atoms. The second-order valence-corrected chi connectivity index (χ2v) is 6.95. The summed E-state index contributed by atoms with van der Waals surface area (Å²) in [5.74, 6) is 0.667. The van der Waals surface area contributed by atoms with Gasteiger partial charge in [0.05, 0.1) is 26.4 Å². The Balaban J connectivity index is 1.93. The number of halogens is 1. The molecule has 0 aliphatic carbocycles. The lowest BCUT2D eigenvalue weighted by molar-refractivity contribution is -0.118. The van der Waals surface area contributed by atoms with Gasteiger partial charge in [-0.05, 0) is 37.6 Å². The van der Waals surface area contributed by atoms with Crippen molar-refractivity contribution >= 4 is 23.2 Å². The van der Waals surface area contributed by atoms with E-state index < -0.39 is 0 Å². The topological polar surface area (TPSA) is 89.1 Å². The summed E-state index contributed by atoms with van der Waals surface area (Å²) in [6.07, 6.45) is 0. The Labute approximate surface area is 182 Å². The van der Waals surface area contributed by atoms with Gasteiger partial charge in [0.25, 0.3) is 5.91 Å². The van der Waals surface area contributed by atoms with Crippen molar-refractivity contribution in [2.24, 2.45) is 0 Å². The fraction of sp³-hybridized carbons (Fsp3) is 0.409. The molecule has 0 atom stereocenters. The third kappa shape index (κ3) is 8.20. The fourth-order valence-corrected chi connectivity index (χ4v) is 2.83. The minimum atomic E-state index is -0.272. The number of aliphatic hydroxyl groups is 1. The molecule has 2 aromatic rings. The molecule has 1 amide bonds. The smallest absolute Gasteiger partial charge is 0.262 e. The molecule has 0 saturated carbocycles. The summed E-state index contributed by atoms with van der Waals surface area (Å²) in [7, 11) is 0. The maximum Gasteiger partial charge on any atom is 0.262 e. The van der Waals surface area contributed by atoms with E-state index in [-0.39, 0.29) is 19.1 Å². The molecule has 8 heteroatoms. The van der Waals surface area contributed by atoms with Crippen LogP contribution in [-0.2, 0) is 16.1 Å². The molecule has 30 heavy (non-hydrogen) atoms. The zero-order valence-electron chi connectivity index (χ0n) is 17.4. The second-order valence-electron chi connectivity index (χ2n) is 6.54. The molecule has 3 N–H and O–H groups in total. The van der Waals surface area contributed by atoms with E-state index in [1.54, 1.807) is 12.1 Å². The number of benzene rings is 2. The van der Waals surface area contributed by atoms with E-state index in [4.69, 9.17) is 30.9 Å². The van der Waals surface area contributed by atoms with Crippen LogP contribution in [0.3, 0.4) is 0 Å². The van der Waals surface area contributed by atoms with Crippen molar-refractivity contribution in [2.45, 2.75) is 20.4 Å². The second kappa shape index (κ2) is 13.1. The van der Waals surface area contributed by atoms with E-state index >= 15 is 0 Å². The van der Waals surface area contributed by atoms with Crippen LogP contribution in [0.5, 0.6) is 11.5 Å². The minimum absolute atomic E-state index is 0.00799. The lowest BCUT2D eigenvalue weighted by atomic mass is 10.2. The van der Waals surface area contributed by atoms with Crippen LogP contribution in [0.25, 0.3) is 0 Å². The molecule has 7 nitrogen and oxygen atoms in total. The summed E-state index contributed by atoms with van der Waals surface area (Å²) in [4.78, 5) is 12.2. The first kappa shape index (κ1) is 24.0. The Morgan fingerprint density at radius 2 is 1.83 bits per heavy atom. The molecule has 0 aliphatic rings. The minimum Gasteiger partial charge on any atom is -0.490 e. The van der Waals surface area contributed by atoms with Gasteiger partial charge in [-0.1, -0.05) is 29.3 Å². The molecule has 2 aromatic carbocycles. The summed E-state index contributed by atoms with van der Waals surface area (Å²) in [5.41, 5.74) is 2.67. The molecule has 0 aliphatic heterocycles. The van der Waals surface area contributed by atoms with Crippen molar-refractivity contribution in [1.29, 1.82) is 0 Å². The van der Waals surface area contributed by atoms with Crippen LogP contribution in [0, 0.1) is 6.92 Å². The van der Waals surface area contributed by atoms with Gasteiger partial charge >= 0.3 is 0 Å². The van der Waals surface area contributed by atoms with E-state index in [9.17, 15) is 4.79 Å². The number of aliphatic hydroxyl groups excluding tert-OH is 1. The number of amides is 1. The Hall–Kier alpha value is -2.32. The summed E-state index contributed by atoms with van der Waals surface area (Å²) < 4.78 is 16.5. The molecule has 0 unspecified atom stereocenters. The normalized spacial score (nSPS) is 10.7. The molecule has 2 rings (SSSR count). The molecule has 0 aromatic heterocycles. The molecular formula is C22H29ClN2O5. The molecule has 0 bridgehead atoms. The zero-order chi connectivity index (χ0) is 21.8. The van der Waals surface area contributed by atoms with Crippen LogP contribution >= 0.6 is 11.6 Å². The highest BCUT2D eigenvalue weighted by Gasteiger charge is 2.13. The van der Waals surface area contributed by atoms with Crippen molar-refractivity contribution in [1.82, 2.24) is 5.32 Å². The van der Waals surface area contributed by atoms with E-state index in [1.807, 2.05) is 38.1 Å². The third-order valence-corrected chi connectivity index (χ3v) is 4.43. The van der Waals surface area contributed by atoms with E-state index in [0.717, 1.165) is 11.1 Å². The van der Waals surface area contributed by atoms with Gasteiger partial charge < -0.3 is 30.0 Å². The van der Waals surface area contributed by atoms with Gasteiger partial charge in [-0.25, -0.2) is 0 Å². The highest BCUT2D eigenvalue weighted by Crippen LogP contribution is 2.33. The number of carbonyl (C=O) groups is 1. The molecule has 0 saturated heterocycles. The summed E-state index contributed by atoms with van der Waals surface area (Å²) in [6.45, 7) is 6.12. The monoisotopic (exact) mass is 436 g/mol. The van der Waals surface area contributed by atoms with Crippen LogP contribution in [0.2, 0.25) is 5.02 Å². The van der Waals surface area contributed by atoms with Crippen molar-refractivity contribution < 1.29 is 24.1 Å². The number of carbonyl (C=O) groups excluding carboxylic acids is 1. The Morgan fingerprint density at radius 1 is 1.10 bits per heavy atom. The summed E-state index contributed by atoms with van der Waals surface area (Å²) in [5, 5.41) is 15.2. The maximum atomic E-state index is 12.2. The first-order valence-electron chi connectivity index (χ1n) is 9.87. The number of ether oxygens (including phenoxy) is 3. The quantitative estimate of drug-likeness (QED) is 0.418. The molecule has 0 fully saturated rings. The first-order chi connectivity index (χ1) is 14.5. The Bertz CT molecular complexity index is 799. The lowest BCUT2D eigenvalue weighted by Gasteiger charge is -2.15. The first-order valence-corrected chi connectivity index (χ1v) is 10.2. The summed E-state index contributed by atoms with van der Waals surface area (Å²) >= 11 is 6.38. The molecular weight excluding hydrogens is 408 g/mol. The van der Waals surface area contributed by atoms with E-state index in [2.05, 4.69) is 10.6 Å². The number of nitrogens with one attached hydrogen (secondary N) is 2. The predicted molar refractivity (Wildman–Crippen MR) is 118 cm³/mol. The van der Waals surface area contributed by atoms with Crippen LogP contribution in [0.1, 0.15) is 18.1 Å². The van der Waals surface area contributed by atoms with Crippen molar-refractivity contribution in [2.75, 3.05) is 44.9 Å². The highest BCUT2D eigenvalue weighted by molar-refractivity contribution is 6.31. The fourth-order valence-electron chi connectivity index (χ4n) is 2.61. The van der Waals surface area contributed by atoms with Crippen LogP contribution in [0.4, 0.5) is 5.69 Å². The average Bonchev–Trinajstić information content (AvgIpc) is 2.73. The van der Waals surface area contributed by atoms with Gasteiger partial charge in [0.1, 0.15) is 0 Å². The standard InChI is InChI=1S/C22H29ClN2O5/c1-3-29-20-12-17(14-24-8-10-28-11-9-26)19(23)13-21(20)30-15-22(27)25-18-6-4-16(2)5-7-18/h4-7,12-13,24,26H,3,8-11,14-15H2,1-2H3,(H,25,27). The van der Waals surface area contributed by atoms with Gasteiger partial charge in [-0.2, -0.15) is 0 Å². The number of hydrogen-bond acceptors (Lipinski definition) is 6. The molecule has 0 heterocycles. The van der Waals surface area contributed by atoms with E-state index in [0.29, 0.717) is 55.1 Å². The highest BCUT2D eigenvalue weighted by atomic mass is 35.5. The maximum absolute atomic E-state index is 12.2. The van der Waals surface area contributed by atoms with Gasteiger partial charge in [0.15, 0.2) is 18.1 Å². The van der Waals surface area contributed by atoms with Crippen molar-refractivity contribution in [3.8, 4) is 11.5 Å². The molecule has 164 valence electrons. The van der Waals surface area contributed by atoms with Crippen molar-refractivity contribution in [3.05, 3.63) is 52.5 Å². The van der Waals surface area contributed by atoms with E-state index in [1.165, 1.54) is 0 Å². The van der Waals surface area contributed by atoms with Crippen LogP contribution in [0.15, 0.2) is 36.4 Å². The van der Waals surface area contributed by atoms with Crippen LogP contribution < -0.4 is 20.1 Å². The third-order valence-electron chi connectivity index (χ3n) is 4.08. The van der Waals surface area contributed by atoms with Crippen molar-refractivity contribution in [3.63, 3.8) is 0 Å². The van der Waals surface area contributed by atoms with Gasteiger partial charge in [0.2, 0.25) is 0 Å². The average molecular weight is 437 g/mol. The number of hydrogen-bond donors (Lipinski definition) is 3. The predicted octanol–water partition coefficient (Wildman–Crippen LogP) is 3.16. The Kier molecular flexibility index (Phi) is 10.4. The van der Waals surface area contributed by atoms with Gasteiger partial charge in [-0.3, -0.25) is 4.79 Å². The summed E-state index contributed by atoms with van der Waals surface area (Å²) in [6, 6.07) is 11.0. The zero-order valence-corrected chi connectivity index (χ0v) is 18.1. The lowest BCUT2D eigenvalue weighted by Crippen LogP contribution is -2.21. The van der Waals surface area contributed by atoms with Gasteiger partial charge in [0, 0.05) is 29.9 Å². The molecule has 0 radical (unpaired) electrons. The number of rotatable bonds is 13. The van der Waals surface area contributed by atoms with Gasteiger partial charge in [-0.15, -0.1) is 0 Å². The largest absolute Gasteiger partial charge is 0.490 e. The van der Waals surface area contributed by atoms with Crippen LogP contribution in [-0.4, -0.2) is 50.6 Å². The number of anilines is 1. The number of aryl methyl sites for hydroxylation is 1.